The number of nitrogens with one attached hydrogen (secondary N) is 1. The number of halogens is 3. The molecule has 0 bridgehead atoms. The number of hydrogen-bond donors (Lipinski definition) is 1. The lowest BCUT2D eigenvalue weighted by Gasteiger charge is -2.08. The minimum atomic E-state index is -0.560. The van der Waals surface area contributed by atoms with Gasteiger partial charge in [0.05, 0.1) is 16.7 Å². The van der Waals surface area contributed by atoms with Gasteiger partial charge in [-0.2, -0.15) is 5.10 Å². The highest BCUT2D eigenvalue weighted by Gasteiger charge is 2.18. The number of hydrogen-bond acceptors (Lipinski definition) is 3. The Kier molecular flexibility index (Phi) is 4.82. The number of benzene rings is 3. The standard InChI is InChI=1S/C24H15F3N4O/c25-15-7-5-14(6-8-15)23-18-12-28-20-10-9-16(26)11-17(20)24(18)31(30-23)13-22(32)29-21-4-2-1-3-19(21)27/h1-12H,13H2,(H,29,32). The molecule has 0 unspecified atom stereocenters. The smallest absolute Gasteiger partial charge is 0.246 e. The fourth-order valence-corrected chi connectivity index (χ4v) is 3.65. The van der Waals surface area contributed by atoms with Crippen molar-refractivity contribution in [1.29, 1.82) is 0 Å². The molecule has 0 saturated heterocycles. The van der Waals surface area contributed by atoms with E-state index in [2.05, 4.69) is 15.4 Å². The Balaban J connectivity index is 1.65. The molecular weight excluding hydrogens is 417 g/mol. The van der Waals surface area contributed by atoms with E-state index in [1.54, 1.807) is 30.5 Å². The van der Waals surface area contributed by atoms with Gasteiger partial charge in [0.1, 0.15) is 29.7 Å². The van der Waals surface area contributed by atoms with Crippen LogP contribution in [0.3, 0.4) is 0 Å². The van der Waals surface area contributed by atoms with E-state index in [1.807, 2.05) is 0 Å². The summed E-state index contributed by atoms with van der Waals surface area (Å²) in [5, 5.41) is 8.13. The average molecular weight is 432 g/mol. The van der Waals surface area contributed by atoms with Crippen LogP contribution in [-0.2, 0) is 11.3 Å². The molecule has 0 spiro atoms. The number of pyridine rings is 1. The number of rotatable bonds is 4. The van der Waals surface area contributed by atoms with E-state index in [-0.39, 0.29) is 12.2 Å². The zero-order chi connectivity index (χ0) is 22.2. The van der Waals surface area contributed by atoms with E-state index in [9.17, 15) is 18.0 Å². The normalized spacial score (nSPS) is 11.2. The van der Waals surface area contributed by atoms with Crippen molar-refractivity contribution in [3.8, 4) is 11.3 Å². The average Bonchev–Trinajstić information content (AvgIpc) is 3.14. The third-order valence-corrected chi connectivity index (χ3v) is 5.09. The molecule has 1 amide bonds. The van der Waals surface area contributed by atoms with Crippen molar-refractivity contribution < 1.29 is 18.0 Å². The van der Waals surface area contributed by atoms with Crippen LogP contribution in [0.1, 0.15) is 0 Å². The van der Waals surface area contributed by atoms with Gasteiger partial charge in [-0.3, -0.25) is 14.5 Å². The SMILES string of the molecule is O=C(Cn1nc(-c2ccc(F)cc2)c2cnc3ccc(F)cc3c21)Nc1ccccc1F. The van der Waals surface area contributed by atoms with Gasteiger partial charge in [0.2, 0.25) is 5.91 Å². The Bertz CT molecular complexity index is 1480. The monoisotopic (exact) mass is 432 g/mol. The van der Waals surface area contributed by atoms with E-state index < -0.39 is 23.4 Å². The number of amides is 1. The molecule has 5 rings (SSSR count). The van der Waals surface area contributed by atoms with Crippen LogP contribution in [0.2, 0.25) is 0 Å². The maximum Gasteiger partial charge on any atom is 0.246 e. The van der Waals surface area contributed by atoms with Crippen molar-refractivity contribution >= 4 is 33.4 Å². The Hall–Kier alpha value is -4.20. The van der Waals surface area contributed by atoms with Gasteiger partial charge >= 0.3 is 0 Å². The minimum Gasteiger partial charge on any atom is -0.322 e. The molecule has 5 nitrogen and oxygen atoms in total. The van der Waals surface area contributed by atoms with E-state index in [4.69, 9.17) is 0 Å². The predicted molar refractivity (Wildman–Crippen MR) is 115 cm³/mol. The van der Waals surface area contributed by atoms with Gasteiger partial charge in [-0.1, -0.05) is 12.1 Å². The van der Waals surface area contributed by atoms with Crippen LogP contribution in [0.5, 0.6) is 0 Å². The van der Waals surface area contributed by atoms with E-state index in [0.29, 0.717) is 33.1 Å². The van der Waals surface area contributed by atoms with E-state index in [0.717, 1.165) is 0 Å². The van der Waals surface area contributed by atoms with Gasteiger partial charge in [-0.25, -0.2) is 13.2 Å². The lowest BCUT2D eigenvalue weighted by Crippen LogP contribution is -2.20. The fourth-order valence-electron chi connectivity index (χ4n) is 3.65. The van der Waals surface area contributed by atoms with Crippen molar-refractivity contribution in [2.75, 3.05) is 5.32 Å². The Morgan fingerprint density at radius 3 is 2.44 bits per heavy atom. The molecule has 0 saturated carbocycles. The first-order valence-corrected chi connectivity index (χ1v) is 9.75. The second kappa shape index (κ2) is 7.81. The maximum absolute atomic E-state index is 14.0. The third kappa shape index (κ3) is 3.56. The van der Waals surface area contributed by atoms with Crippen LogP contribution < -0.4 is 5.32 Å². The molecule has 2 heterocycles. The molecular formula is C24H15F3N4O. The van der Waals surface area contributed by atoms with Crippen molar-refractivity contribution in [2.45, 2.75) is 6.54 Å². The molecule has 0 aliphatic rings. The third-order valence-electron chi connectivity index (χ3n) is 5.09. The summed E-state index contributed by atoms with van der Waals surface area (Å²) in [5.74, 6) is -1.92. The topological polar surface area (TPSA) is 59.8 Å². The first kappa shape index (κ1) is 19.7. The molecule has 0 atom stereocenters. The van der Waals surface area contributed by atoms with Gasteiger partial charge in [-0.15, -0.1) is 0 Å². The van der Waals surface area contributed by atoms with E-state index >= 15 is 0 Å². The summed E-state index contributed by atoms with van der Waals surface area (Å²) in [5.41, 5.74) is 2.16. The highest BCUT2D eigenvalue weighted by atomic mass is 19.1. The maximum atomic E-state index is 14.0. The number of carbonyl (C=O) groups excluding carboxylic acids is 1. The largest absolute Gasteiger partial charge is 0.322 e. The molecule has 0 aliphatic heterocycles. The fraction of sp³-hybridized carbons (Fsp3) is 0.0417. The molecule has 0 radical (unpaired) electrons. The molecule has 158 valence electrons. The lowest BCUT2D eigenvalue weighted by atomic mass is 10.1. The number of anilines is 1. The number of carbonyl (C=O) groups is 1. The van der Waals surface area contributed by atoms with Gasteiger partial charge in [-0.05, 0) is 54.6 Å². The second-order valence-corrected chi connectivity index (χ2v) is 7.22. The van der Waals surface area contributed by atoms with Gasteiger partial charge in [0.15, 0.2) is 0 Å². The summed E-state index contributed by atoms with van der Waals surface area (Å²) in [4.78, 5) is 17.1. The molecule has 1 N–H and O–H groups in total. The Labute approximate surface area is 180 Å². The Morgan fingerprint density at radius 2 is 1.66 bits per heavy atom. The summed E-state index contributed by atoms with van der Waals surface area (Å²) in [6.45, 7) is -0.248. The van der Waals surface area contributed by atoms with Crippen molar-refractivity contribution in [2.24, 2.45) is 0 Å². The van der Waals surface area contributed by atoms with Crippen LogP contribution in [-0.4, -0.2) is 20.7 Å². The molecule has 3 aromatic carbocycles. The molecule has 0 fully saturated rings. The highest BCUT2D eigenvalue weighted by molar-refractivity contribution is 6.08. The quantitative estimate of drug-likeness (QED) is 0.419. The molecule has 8 heteroatoms. The summed E-state index contributed by atoms with van der Waals surface area (Å²) in [6, 6.07) is 15.7. The number of nitrogens with zero attached hydrogens (tertiary/aromatic N) is 3. The molecule has 0 aliphatic carbocycles. The molecule has 2 aromatic heterocycles. The molecule has 32 heavy (non-hydrogen) atoms. The van der Waals surface area contributed by atoms with Gasteiger partial charge < -0.3 is 5.32 Å². The predicted octanol–water partition coefficient (Wildman–Crippen LogP) is 5.31. The number of para-hydroxylation sites is 1. The van der Waals surface area contributed by atoms with Crippen LogP contribution in [0.4, 0.5) is 18.9 Å². The summed E-state index contributed by atoms with van der Waals surface area (Å²) < 4.78 is 42.8. The second-order valence-electron chi connectivity index (χ2n) is 7.22. The van der Waals surface area contributed by atoms with E-state index in [1.165, 1.54) is 47.1 Å². The van der Waals surface area contributed by atoms with Gasteiger partial charge in [0.25, 0.3) is 0 Å². The molecule has 5 aromatic rings. The zero-order valence-corrected chi connectivity index (χ0v) is 16.5. The van der Waals surface area contributed by atoms with Crippen LogP contribution in [0, 0.1) is 17.5 Å². The summed E-state index contributed by atoms with van der Waals surface area (Å²) >= 11 is 0. The number of fused-ring (bicyclic) bond motifs is 3. The summed E-state index contributed by atoms with van der Waals surface area (Å²) in [6.07, 6.45) is 1.59. The van der Waals surface area contributed by atoms with Crippen LogP contribution in [0.25, 0.3) is 33.1 Å². The van der Waals surface area contributed by atoms with Crippen molar-refractivity contribution in [1.82, 2.24) is 14.8 Å². The first-order valence-electron chi connectivity index (χ1n) is 9.75. The van der Waals surface area contributed by atoms with Crippen molar-refractivity contribution in [3.63, 3.8) is 0 Å². The van der Waals surface area contributed by atoms with Crippen molar-refractivity contribution in [3.05, 3.63) is 90.4 Å². The number of aromatic nitrogens is 3. The van der Waals surface area contributed by atoms with Crippen LogP contribution >= 0.6 is 0 Å². The first-order chi connectivity index (χ1) is 15.5. The van der Waals surface area contributed by atoms with Gasteiger partial charge in [0, 0.05) is 22.5 Å². The minimum absolute atomic E-state index is 0.0466. The summed E-state index contributed by atoms with van der Waals surface area (Å²) in [7, 11) is 0. The zero-order valence-electron chi connectivity index (χ0n) is 16.5. The van der Waals surface area contributed by atoms with Crippen LogP contribution in [0.15, 0.2) is 72.9 Å². The lowest BCUT2D eigenvalue weighted by molar-refractivity contribution is -0.116. The highest BCUT2D eigenvalue weighted by Crippen LogP contribution is 2.32. The Morgan fingerprint density at radius 1 is 0.906 bits per heavy atom.